The van der Waals surface area contributed by atoms with E-state index in [1.165, 1.54) is 6.07 Å². The predicted octanol–water partition coefficient (Wildman–Crippen LogP) is 1.40. The second kappa shape index (κ2) is 6.51. The Kier molecular flexibility index (Phi) is 5.22. The van der Waals surface area contributed by atoms with E-state index in [2.05, 4.69) is 9.62 Å². The summed E-state index contributed by atoms with van der Waals surface area (Å²) in [7, 11) is -3.45. The fourth-order valence-corrected chi connectivity index (χ4v) is 4.54. The Balaban J connectivity index is 1.90. The number of thiophene rings is 1. The molecule has 0 bridgehead atoms. The van der Waals surface area contributed by atoms with E-state index in [1.807, 2.05) is 6.92 Å². The summed E-state index contributed by atoms with van der Waals surface area (Å²) in [5.41, 5.74) is 0. The summed E-state index contributed by atoms with van der Waals surface area (Å²) in [5.74, 6) is 0. The SMILES string of the molecule is C[C@@H](CNS(=O)(=O)c1ccc(Cl)s1)N1CCOCC1. The molecule has 0 amide bonds. The molecular weight excluding hydrogens is 308 g/mol. The molecule has 1 saturated heterocycles. The van der Waals surface area contributed by atoms with E-state index in [-0.39, 0.29) is 10.3 Å². The zero-order valence-corrected chi connectivity index (χ0v) is 13.0. The van der Waals surface area contributed by atoms with Crippen LogP contribution in [0.5, 0.6) is 0 Å². The van der Waals surface area contributed by atoms with Crippen LogP contribution in [0.25, 0.3) is 0 Å². The normalized spacial score (nSPS) is 19.5. The van der Waals surface area contributed by atoms with Crippen molar-refractivity contribution in [3.63, 3.8) is 0 Å². The lowest BCUT2D eigenvalue weighted by molar-refractivity contribution is 0.0213. The quantitative estimate of drug-likeness (QED) is 0.889. The Morgan fingerprint density at radius 1 is 1.47 bits per heavy atom. The summed E-state index contributed by atoms with van der Waals surface area (Å²) in [4.78, 5) is 2.22. The van der Waals surface area contributed by atoms with Crippen LogP contribution in [0.1, 0.15) is 6.92 Å². The Morgan fingerprint density at radius 3 is 2.74 bits per heavy atom. The van der Waals surface area contributed by atoms with E-state index in [0.717, 1.165) is 24.4 Å². The molecule has 1 aromatic rings. The summed E-state index contributed by atoms with van der Waals surface area (Å²) in [5, 5.41) is 0. The highest BCUT2D eigenvalue weighted by molar-refractivity contribution is 7.91. The van der Waals surface area contributed by atoms with Gasteiger partial charge in [-0.3, -0.25) is 4.90 Å². The van der Waals surface area contributed by atoms with Gasteiger partial charge in [0.1, 0.15) is 4.21 Å². The van der Waals surface area contributed by atoms with Crippen molar-refractivity contribution < 1.29 is 13.2 Å². The highest BCUT2D eigenvalue weighted by Crippen LogP contribution is 2.25. The lowest BCUT2D eigenvalue weighted by Gasteiger charge is -2.32. The third-order valence-electron chi connectivity index (χ3n) is 3.05. The Morgan fingerprint density at radius 2 is 2.16 bits per heavy atom. The lowest BCUT2D eigenvalue weighted by atomic mass is 10.2. The van der Waals surface area contributed by atoms with Crippen LogP contribution < -0.4 is 4.72 Å². The van der Waals surface area contributed by atoms with Crippen LogP contribution in [0.2, 0.25) is 4.34 Å². The molecule has 2 rings (SSSR count). The molecule has 1 aromatic heterocycles. The Hall–Kier alpha value is -0.180. The van der Waals surface area contributed by atoms with E-state index in [4.69, 9.17) is 16.3 Å². The van der Waals surface area contributed by atoms with Crippen LogP contribution in [-0.4, -0.2) is 52.2 Å². The zero-order valence-electron chi connectivity index (χ0n) is 10.6. The average Bonchev–Trinajstić information content (AvgIpc) is 2.85. The largest absolute Gasteiger partial charge is 0.379 e. The highest BCUT2D eigenvalue weighted by Gasteiger charge is 2.21. The smallest absolute Gasteiger partial charge is 0.250 e. The van der Waals surface area contributed by atoms with Gasteiger partial charge in [-0.05, 0) is 19.1 Å². The molecule has 5 nitrogen and oxygen atoms in total. The first-order chi connectivity index (χ1) is 8.99. The van der Waals surface area contributed by atoms with Crippen molar-refractivity contribution in [3.8, 4) is 0 Å². The number of halogens is 1. The van der Waals surface area contributed by atoms with Gasteiger partial charge in [0.2, 0.25) is 10.0 Å². The van der Waals surface area contributed by atoms with Gasteiger partial charge in [-0.25, -0.2) is 13.1 Å². The maximum absolute atomic E-state index is 12.0. The summed E-state index contributed by atoms with van der Waals surface area (Å²) in [6, 6.07) is 3.26. The lowest BCUT2D eigenvalue weighted by Crippen LogP contribution is -2.47. The minimum atomic E-state index is -3.45. The molecule has 19 heavy (non-hydrogen) atoms. The standard InChI is InChI=1S/C11H17ClN2O3S2/c1-9(14-4-6-17-7-5-14)8-13-19(15,16)11-3-2-10(12)18-11/h2-3,9,13H,4-8H2,1H3/t9-/m0/s1. The zero-order chi connectivity index (χ0) is 13.9. The molecule has 0 unspecified atom stereocenters. The first-order valence-corrected chi connectivity index (χ1v) is 8.73. The van der Waals surface area contributed by atoms with Gasteiger partial charge in [-0.2, -0.15) is 0 Å². The van der Waals surface area contributed by atoms with Crippen molar-refractivity contribution in [1.82, 2.24) is 9.62 Å². The molecule has 1 aliphatic rings. The van der Waals surface area contributed by atoms with Gasteiger partial charge in [-0.1, -0.05) is 11.6 Å². The molecule has 8 heteroatoms. The van der Waals surface area contributed by atoms with Crippen LogP contribution in [-0.2, 0) is 14.8 Å². The first-order valence-electron chi connectivity index (χ1n) is 6.06. The highest BCUT2D eigenvalue weighted by atomic mass is 35.5. The molecule has 2 heterocycles. The maximum Gasteiger partial charge on any atom is 0.250 e. The number of ether oxygens (including phenoxy) is 1. The number of hydrogen-bond acceptors (Lipinski definition) is 5. The van der Waals surface area contributed by atoms with E-state index in [9.17, 15) is 8.42 Å². The third kappa shape index (κ3) is 4.14. The summed E-state index contributed by atoms with van der Waals surface area (Å²) in [6.45, 7) is 5.49. The van der Waals surface area contributed by atoms with Crippen molar-refractivity contribution in [3.05, 3.63) is 16.5 Å². The number of nitrogens with zero attached hydrogens (tertiary/aromatic N) is 1. The van der Waals surface area contributed by atoms with Gasteiger partial charge < -0.3 is 4.74 Å². The number of rotatable bonds is 5. The number of hydrogen-bond donors (Lipinski definition) is 1. The van der Waals surface area contributed by atoms with Crippen LogP contribution in [0.3, 0.4) is 0 Å². The predicted molar refractivity (Wildman–Crippen MR) is 76.4 cm³/mol. The molecule has 0 aromatic carbocycles. The molecule has 1 N–H and O–H groups in total. The molecule has 1 atom stereocenters. The second-order valence-corrected chi connectivity index (χ2v) is 8.12. The average molecular weight is 325 g/mol. The molecule has 1 aliphatic heterocycles. The van der Waals surface area contributed by atoms with Crippen molar-refractivity contribution in [2.75, 3.05) is 32.8 Å². The van der Waals surface area contributed by atoms with Gasteiger partial charge in [0.05, 0.1) is 17.6 Å². The van der Waals surface area contributed by atoms with Crippen molar-refractivity contribution in [2.45, 2.75) is 17.2 Å². The maximum atomic E-state index is 12.0. The van der Waals surface area contributed by atoms with Crippen molar-refractivity contribution in [1.29, 1.82) is 0 Å². The van der Waals surface area contributed by atoms with E-state index in [0.29, 0.717) is 24.1 Å². The summed E-state index contributed by atoms with van der Waals surface area (Å²) in [6.07, 6.45) is 0. The summed E-state index contributed by atoms with van der Waals surface area (Å²) >= 11 is 6.82. The van der Waals surface area contributed by atoms with Gasteiger partial charge in [0, 0.05) is 25.7 Å². The van der Waals surface area contributed by atoms with Gasteiger partial charge >= 0.3 is 0 Å². The molecule has 0 aliphatic carbocycles. The second-order valence-electron chi connectivity index (χ2n) is 4.41. The van der Waals surface area contributed by atoms with E-state index >= 15 is 0 Å². The van der Waals surface area contributed by atoms with Gasteiger partial charge in [0.15, 0.2) is 0 Å². The van der Waals surface area contributed by atoms with E-state index < -0.39 is 10.0 Å². The molecule has 0 spiro atoms. The number of sulfonamides is 1. The van der Waals surface area contributed by atoms with Crippen LogP contribution in [0.15, 0.2) is 16.3 Å². The Labute approximate surface area is 122 Å². The monoisotopic (exact) mass is 324 g/mol. The molecule has 0 radical (unpaired) electrons. The van der Waals surface area contributed by atoms with E-state index in [1.54, 1.807) is 6.07 Å². The van der Waals surface area contributed by atoms with Crippen LogP contribution in [0.4, 0.5) is 0 Å². The topological polar surface area (TPSA) is 58.6 Å². The van der Waals surface area contributed by atoms with Crippen LogP contribution >= 0.6 is 22.9 Å². The molecule has 1 fully saturated rings. The van der Waals surface area contributed by atoms with Crippen LogP contribution in [0, 0.1) is 0 Å². The Bertz CT molecular complexity index is 512. The molecular formula is C11H17ClN2O3S2. The number of nitrogens with one attached hydrogen (secondary N) is 1. The first kappa shape index (κ1) is 15.2. The fraction of sp³-hybridized carbons (Fsp3) is 0.636. The summed E-state index contributed by atoms with van der Waals surface area (Å²) < 4.78 is 32.7. The minimum Gasteiger partial charge on any atom is -0.379 e. The third-order valence-corrected chi connectivity index (χ3v) is 6.20. The van der Waals surface area contributed by atoms with Gasteiger partial charge in [-0.15, -0.1) is 11.3 Å². The van der Waals surface area contributed by atoms with Gasteiger partial charge in [0.25, 0.3) is 0 Å². The van der Waals surface area contributed by atoms with Crippen molar-refractivity contribution in [2.24, 2.45) is 0 Å². The molecule has 108 valence electrons. The van der Waals surface area contributed by atoms with Crippen molar-refractivity contribution >= 4 is 33.0 Å². The fourth-order valence-electron chi connectivity index (χ4n) is 1.89. The minimum absolute atomic E-state index is 0.147. The number of morpholine rings is 1. The molecule has 0 saturated carbocycles.